The van der Waals surface area contributed by atoms with Crippen LogP contribution < -0.4 is 5.73 Å². The SMILES string of the molecule is CCCC(N)C#Cc1cnn(C)c1. The Morgan fingerprint density at radius 1 is 1.69 bits per heavy atom. The minimum Gasteiger partial charge on any atom is -0.318 e. The molecule has 70 valence electrons. The van der Waals surface area contributed by atoms with Crippen molar-refractivity contribution in [2.24, 2.45) is 12.8 Å². The highest BCUT2D eigenvalue weighted by atomic mass is 15.2. The number of aryl methyl sites for hydroxylation is 1. The quantitative estimate of drug-likeness (QED) is 0.682. The Hall–Kier alpha value is -1.27. The molecule has 13 heavy (non-hydrogen) atoms. The van der Waals surface area contributed by atoms with E-state index in [1.165, 1.54) is 0 Å². The summed E-state index contributed by atoms with van der Waals surface area (Å²) in [7, 11) is 1.87. The number of hydrogen-bond donors (Lipinski definition) is 1. The number of nitrogens with two attached hydrogens (primary N) is 1. The molecule has 0 fully saturated rings. The number of nitrogens with zero attached hydrogens (tertiary/aromatic N) is 2. The standard InChI is InChI=1S/C10H15N3/c1-3-4-10(11)6-5-9-7-12-13(2)8-9/h7-8,10H,3-4,11H2,1-2H3. The van der Waals surface area contributed by atoms with Crippen molar-refractivity contribution in [3.63, 3.8) is 0 Å². The number of rotatable bonds is 2. The van der Waals surface area contributed by atoms with Gasteiger partial charge in [-0.1, -0.05) is 25.2 Å². The second-order valence-electron chi connectivity index (χ2n) is 3.07. The molecule has 0 spiro atoms. The monoisotopic (exact) mass is 177 g/mol. The first-order valence-electron chi connectivity index (χ1n) is 4.48. The summed E-state index contributed by atoms with van der Waals surface area (Å²) in [6.07, 6.45) is 5.65. The molecule has 1 aromatic rings. The smallest absolute Gasteiger partial charge is 0.0668 e. The topological polar surface area (TPSA) is 43.8 Å². The molecule has 1 rings (SSSR count). The summed E-state index contributed by atoms with van der Waals surface area (Å²) in [6.45, 7) is 2.10. The predicted octanol–water partition coefficient (Wildman–Crippen LogP) is 0.899. The fourth-order valence-corrected chi connectivity index (χ4v) is 1.04. The predicted molar refractivity (Wildman–Crippen MR) is 53.0 cm³/mol. The molecule has 0 aliphatic rings. The summed E-state index contributed by atoms with van der Waals surface area (Å²) >= 11 is 0. The summed E-state index contributed by atoms with van der Waals surface area (Å²) in [6, 6.07) is -0.00907. The molecule has 0 bridgehead atoms. The fourth-order valence-electron chi connectivity index (χ4n) is 1.04. The van der Waals surface area contributed by atoms with Crippen molar-refractivity contribution in [2.75, 3.05) is 0 Å². The van der Waals surface area contributed by atoms with Gasteiger partial charge in [0, 0.05) is 13.2 Å². The first-order valence-corrected chi connectivity index (χ1v) is 4.48. The van der Waals surface area contributed by atoms with Crippen LogP contribution >= 0.6 is 0 Å². The molecule has 0 amide bonds. The van der Waals surface area contributed by atoms with E-state index in [2.05, 4.69) is 23.9 Å². The van der Waals surface area contributed by atoms with Gasteiger partial charge in [-0.05, 0) is 6.42 Å². The van der Waals surface area contributed by atoms with Gasteiger partial charge in [0.05, 0.1) is 17.8 Å². The van der Waals surface area contributed by atoms with Crippen molar-refractivity contribution in [3.05, 3.63) is 18.0 Å². The third kappa shape index (κ3) is 3.30. The molecule has 1 heterocycles. The van der Waals surface area contributed by atoms with Gasteiger partial charge in [0.1, 0.15) is 0 Å². The zero-order chi connectivity index (χ0) is 9.68. The lowest BCUT2D eigenvalue weighted by Crippen LogP contribution is -2.16. The summed E-state index contributed by atoms with van der Waals surface area (Å²) in [5.74, 6) is 5.98. The van der Waals surface area contributed by atoms with Crippen LogP contribution in [0.4, 0.5) is 0 Å². The van der Waals surface area contributed by atoms with Gasteiger partial charge in [-0.3, -0.25) is 4.68 Å². The maximum Gasteiger partial charge on any atom is 0.0668 e. The average molecular weight is 177 g/mol. The van der Waals surface area contributed by atoms with Crippen molar-refractivity contribution < 1.29 is 0 Å². The Balaban J connectivity index is 2.56. The van der Waals surface area contributed by atoms with Gasteiger partial charge in [-0.2, -0.15) is 5.10 Å². The number of aromatic nitrogens is 2. The van der Waals surface area contributed by atoms with Crippen LogP contribution in [0.1, 0.15) is 25.3 Å². The molecule has 2 N–H and O–H groups in total. The van der Waals surface area contributed by atoms with Crippen LogP contribution in [0.15, 0.2) is 12.4 Å². The van der Waals surface area contributed by atoms with Crippen molar-refractivity contribution in [2.45, 2.75) is 25.8 Å². The molecule has 0 saturated carbocycles. The van der Waals surface area contributed by atoms with E-state index in [0.29, 0.717) is 0 Å². The summed E-state index contributed by atoms with van der Waals surface area (Å²) in [4.78, 5) is 0. The van der Waals surface area contributed by atoms with E-state index in [-0.39, 0.29) is 6.04 Å². The normalized spacial score (nSPS) is 11.9. The van der Waals surface area contributed by atoms with Crippen LogP contribution in [-0.4, -0.2) is 15.8 Å². The second kappa shape index (κ2) is 4.68. The second-order valence-corrected chi connectivity index (χ2v) is 3.07. The van der Waals surface area contributed by atoms with E-state index in [4.69, 9.17) is 5.73 Å². The van der Waals surface area contributed by atoms with Crippen LogP contribution in [0, 0.1) is 11.8 Å². The molecule has 3 heteroatoms. The van der Waals surface area contributed by atoms with Gasteiger partial charge < -0.3 is 5.73 Å². The molecule has 0 aliphatic carbocycles. The molecular formula is C10H15N3. The molecule has 3 nitrogen and oxygen atoms in total. The minimum atomic E-state index is -0.00907. The maximum atomic E-state index is 5.74. The third-order valence-corrected chi connectivity index (χ3v) is 1.71. The van der Waals surface area contributed by atoms with Gasteiger partial charge in [-0.25, -0.2) is 0 Å². The van der Waals surface area contributed by atoms with Crippen LogP contribution in [0.5, 0.6) is 0 Å². The van der Waals surface area contributed by atoms with Crippen LogP contribution in [0.2, 0.25) is 0 Å². The summed E-state index contributed by atoms with van der Waals surface area (Å²) < 4.78 is 1.73. The van der Waals surface area contributed by atoms with Crippen LogP contribution in [0.25, 0.3) is 0 Å². The van der Waals surface area contributed by atoms with Crippen molar-refractivity contribution in [1.82, 2.24) is 9.78 Å². The van der Waals surface area contributed by atoms with E-state index in [1.807, 2.05) is 13.2 Å². The first kappa shape index (κ1) is 9.82. The summed E-state index contributed by atoms with van der Waals surface area (Å²) in [5.41, 5.74) is 6.66. The Kier molecular flexibility index (Phi) is 3.53. The highest BCUT2D eigenvalue weighted by Crippen LogP contribution is 1.94. The Morgan fingerprint density at radius 3 is 3.00 bits per heavy atom. The maximum absolute atomic E-state index is 5.74. The largest absolute Gasteiger partial charge is 0.318 e. The Bertz CT molecular complexity index is 316. The molecule has 0 aliphatic heterocycles. The van der Waals surface area contributed by atoms with Gasteiger partial charge in [-0.15, -0.1) is 0 Å². The first-order chi connectivity index (χ1) is 6.22. The Labute approximate surface area is 78.9 Å². The molecule has 1 atom stereocenters. The van der Waals surface area contributed by atoms with Gasteiger partial charge in [0.15, 0.2) is 0 Å². The number of hydrogen-bond acceptors (Lipinski definition) is 2. The van der Waals surface area contributed by atoms with E-state index in [9.17, 15) is 0 Å². The molecule has 0 radical (unpaired) electrons. The van der Waals surface area contributed by atoms with E-state index >= 15 is 0 Å². The molecule has 0 saturated heterocycles. The Morgan fingerprint density at radius 2 is 2.46 bits per heavy atom. The highest BCUT2D eigenvalue weighted by molar-refractivity contribution is 5.30. The van der Waals surface area contributed by atoms with Crippen molar-refractivity contribution in [3.8, 4) is 11.8 Å². The lowest BCUT2D eigenvalue weighted by Gasteiger charge is -1.97. The highest BCUT2D eigenvalue weighted by Gasteiger charge is 1.94. The van der Waals surface area contributed by atoms with Gasteiger partial charge >= 0.3 is 0 Å². The zero-order valence-corrected chi connectivity index (χ0v) is 8.12. The molecular weight excluding hydrogens is 162 g/mol. The lowest BCUT2D eigenvalue weighted by molar-refractivity contribution is 0.720. The van der Waals surface area contributed by atoms with E-state index in [1.54, 1.807) is 10.9 Å². The molecule has 1 unspecified atom stereocenters. The molecule has 0 aromatic carbocycles. The zero-order valence-electron chi connectivity index (χ0n) is 8.12. The van der Waals surface area contributed by atoms with Gasteiger partial charge in [0.25, 0.3) is 0 Å². The fraction of sp³-hybridized carbons (Fsp3) is 0.500. The average Bonchev–Trinajstić information content (AvgIpc) is 2.49. The van der Waals surface area contributed by atoms with Crippen LogP contribution in [-0.2, 0) is 7.05 Å². The van der Waals surface area contributed by atoms with Crippen LogP contribution in [0.3, 0.4) is 0 Å². The van der Waals surface area contributed by atoms with Crippen molar-refractivity contribution in [1.29, 1.82) is 0 Å². The minimum absolute atomic E-state index is 0.00907. The van der Waals surface area contributed by atoms with Crippen molar-refractivity contribution >= 4 is 0 Å². The molecule has 1 aromatic heterocycles. The van der Waals surface area contributed by atoms with Gasteiger partial charge in [0.2, 0.25) is 0 Å². The van der Waals surface area contributed by atoms with E-state index in [0.717, 1.165) is 18.4 Å². The van der Waals surface area contributed by atoms with E-state index < -0.39 is 0 Å². The third-order valence-electron chi connectivity index (χ3n) is 1.71. The lowest BCUT2D eigenvalue weighted by atomic mass is 10.2. The summed E-state index contributed by atoms with van der Waals surface area (Å²) in [5, 5.41) is 4.01.